The summed E-state index contributed by atoms with van der Waals surface area (Å²) >= 11 is -2.35. The predicted octanol–water partition coefficient (Wildman–Crippen LogP) is 3.97. The molecule has 0 fully saturated rings. The monoisotopic (exact) mass is 567 g/mol. The molecule has 0 aliphatic carbocycles. The second-order valence-electron chi connectivity index (χ2n) is 7.60. The summed E-state index contributed by atoms with van der Waals surface area (Å²) in [6.45, 7) is 14.3. The zero-order valence-corrected chi connectivity index (χ0v) is 21.3. The second kappa shape index (κ2) is 9.81. The number of rotatable bonds is 7. The molecule has 0 aliphatic rings. The molecule has 28 heavy (non-hydrogen) atoms. The molecule has 0 aromatic heterocycles. The van der Waals surface area contributed by atoms with Gasteiger partial charge in [0.15, 0.2) is 0 Å². The summed E-state index contributed by atoms with van der Waals surface area (Å²) in [4.78, 5) is 2.53. The van der Waals surface area contributed by atoms with Crippen LogP contribution in [0.15, 0.2) is 66.7 Å². The maximum absolute atomic E-state index is 2.53. The molecule has 0 unspecified atom stereocenters. The van der Waals surface area contributed by atoms with Crippen LogP contribution in [0.25, 0.3) is 0 Å². The first-order valence-electron chi connectivity index (χ1n) is 10.3. The summed E-state index contributed by atoms with van der Waals surface area (Å²) in [5.41, 5.74) is 5.57. The molecule has 3 aromatic carbocycles. The second-order valence-corrected chi connectivity index (χ2v) is 16.1. The van der Waals surface area contributed by atoms with Crippen LogP contribution >= 0.6 is 0 Å². The number of hydrogen-bond acceptors (Lipinski definition) is 1. The molecule has 0 saturated carbocycles. The molecular weight excluding hydrogens is 535 g/mol. The molecule has 0 bridgehead atoms. The molecule has 0 atom stereocenters. The van der Waals surface area contributed by atoms with E-state index < -0.39 is 21.8 Å². The van der Waals surface area contributed by atoms with E-state index in [1.165, 1.54) is 22.3 Å². The summed E-state index contributed by atoms with van der Waals surface area (Å²) in [5, 5.41) is 0. The first-order chi connectivity index (χ1) is 13.5. The van der Waals surface area contributed by atoms with E-state index >= 15 is 0 Å². The predicted molar refractivity (Wildman–Crippen MR) is 125 cm³/mol. The third-order valence-corrected chi connectivity index (χ3v) is 15.3. The van der Waals surface area contributed by atoms with Crippen molar-refractivity contribution in [2.75, 3.05) is 13.1 Å². The minimum absolute atomic E-state index is 1.05. The van der Waals surface area contributed by atoms with Crippen molar-refractivity contribution in [2.24, 2.45) is 0 Å². The summed E-state index contributed by atoms with van der Waals surface area (Å²) in [7, 11) is 0. The van der Waals surface area contributed by atoms with Gasteiger partial charge in [0.2, 0.25) is 0 Å². The van der Waals surface area contributed by atoms with E-state index in [2.05, 4.69) is 106 Å². The van der Waals surface area contributed by atoms with E-state index in [-0.39, 0.29) is 0 Å². The van der Waals surface area contributed by atoms with Gasteiger partial charge in [-0.05, 0) is 0 Å². The summed E-state index contributed by atoms with van der Waals surface area (Å²) in [6, 6.07) is 25.8. The van der Waals surface area contributed by atoms with Crippen LogP contribution in [-0.2, 0) is 6.54 Å². The number of benzene rings is 3. The Morgan fingerprint density at radius 3 is 1.57 bits per heavy atom. The molecule has 0 aliphatic heterocycles. The fourth-order valence-corrected chi connectivity index (χ4v) is 12.9. The Morgan fingerprint density at radius 2 is 1.11 bits per heavy atom. The van der Waals surface area contributed by atoms with Gasteiger partial charge in [-0.1, -0.05) is 0 Å². The van der Waals surface area contributed by atoms with Crippen molar-refractivity contribution < 1.29 is 0 Å². The molecule has 0 saturated heterocycles. The van der Waals surface area contributed by atoms with Gasteiger partial charge in [0.1, 0.15) is 0 Å². The van der Waals surface area contributed by atoms with Gasteiger partial charge < -0.3 is 0 Å². The average Bonchev–Trinajstić information content (AvgIpc) is 2.70. The van der Waals surface area contributed by atoms with Gasteiger partial charge >= 0.3 is 180 Å². The fraction of sp³-hybridized carbons (Fsp3) is 0.308. The van der Waals surface area contributed by atoms with E-state index in [1.54, 1.807) is 9.81 Å². The van der Waals surface area contributed by atoms with Crippen LogP contribution < -0.4 is 9.81 Å². The van der Waals surface area contributed by atoms with Gasteiger partial charge in [-0.3, -0.25) is 0 Å². The van der Waals surface area contributed by atoms with Gasteiger partial charge in [0, 0.05) is 0 Å². The van der Waals surface area contributed by atoms with Gasteiger partial charge in [-0.15, -0.1) is 0 Å². The molecule has 0 spiro atoms. The Balaban J connectivity index is 2.15. The third-order valence-electron chi connectivity index (χ3n) is 5.35. The molecule has 3 aromatic rings. The number of aryl methyl sites for hydroxylation is 3. The van der Waals surface area contributed by atoms with Crippen LogP contribution in [0.3, 0.4) is 0 Å². The molecule has 2 heteroatoms. The molecule has 0 radical (unpaired) electrons. The standard InChI is InChI=1S/C12H18N.2C7H7.Bi/c1-4-13(5-2)10-12-8-6-7-11(3)9-12;2*1-7-5-3-2-4-6-7;/h6-7,9H,4-5,10H2,1-3H3;2*3-6H,1H3;. The molecule has 146 valence electrons. The zero-order chi connectivity index (χ0) is 20.1. The van der Waals surface area contributed by atoms with Crippen LogP contribution in [-0.4, -0.2) is 39.7 Å². The third kappa shape index (κ3) is 5.10. The van der Waals surface area contributed by atoms with Crippen LogP contribution in [0, 0.1) is 20.8 Å². The van der Waals surface area contributed by atoms with Crippen LogP contribution in [0.4, 0.5) is 0 Å². The van der Waals surface area contributed by atoms with Gasteiger partial charge in [0.25, 0.3) is 0 Å². The Morgan fingerprint density at radius 1 is 0.643 bits per heavy atom. The Hall–Kier alpha value is -1.50. The van der Waals surface area contributed by atoms with Crippen molar-refractivity contribution in [1.82, 2.24) is 4.90 Å². The van der Waals surface area contributed by atoms with E-state index in [4.69, 9.17) is 0 Å². The van der Waals surface area contributed by atoms with E-state index in [0.29, 0.717) is 0 Å². The van der Waals surface area contributed by atoms with Gasteiger partial charge in [-0.2, -0.15) is 0 Å². The Kier molecular flexibility index (Phi) is 7.44. The van der Waals surface area contributed by atoms with Gasteiger partial charge in [0.05, 0.1) is 0 Å². The van der Waals surface area contributed by atoms with Gasteiger partial charge in [-0.25, -0.2) is 0 Å². The maximum atomic E-state index is 2.53. The molecule has 1 nitrogen and oxygen atoms in total. The number of hydrogen-bond donors (Lipinski definition) is 0. The zero-order valence-electron chi connectivity index (χ0n) is 17.9. The minimum atomic E-state index is -2.35. The topological polar surface area (TPSA) is 3.24 Å². The summed E-state index contributed by atoms with van der Waals surface area (Å²) < 4.78 is 4.75. The van der Waals surface area contributed by atoms with E-state index in [1.807, 2.05) is 0 Å². The van der Waals surface area contributed by atoms with Crippen molar-refractivity contribution in [2.45, 2.75) is 41.2 Å². The molecule has 0 N–H and O–H groups in total. The average molecular weight is 568 g/mol. The van der Waals surface area contributed by atoms with Crippen molar-refractivity contribution in [3.63, 3.8) is 0 Å². The van der Waals surface area contributed by atoms with Crippen LogP contribution in [0.2, 0.25) is 0 Å². The Bertz CT molecular complexity index is 847. The van der Waals surface area contributed by atoms with Crippen LogP contribution in [0.5, 0.6) is 0 Å². The van der Waals surface area contributed by atoms with Crippen molar-refractivity contribution >= 4 is 31.6 Å². The normalized spacial score (nSPS) is 11.4. The van der Waals surface area contributed by atoms with Crippen molar-refractivity contribution in [3.05, 3.63) is 89.0 Å². The Labute approximate surface area is 179 Å². The molecule has 3 rings (SSSR count). The quantitative estimate of drug-likeness (QED) is 0.391. The summed E-state index contributed by atoms with van der Waals surface area (Å²) in [5.74, 6) is 0. The van der Waals surface area contributed by atoms with Crippen molar-refractivity contribution in [1.29, 1.82) is 0 Å². The van der Waals surface area contributed by atoms with Crippen LogP contribution in [0.1, 0.15) is 36.1 Å². The molecule has 0 amide bonds. The molecule has 0 heterocycles. The summed E-state index contributed by atoms with van der Waals surface area (Å²) in [6.07, 6.45) is 0. The van der Waals surface area contributed by atoms with E-state index in [0.717, 1.165) is 19.6 Å². The fourth-order valence-electron chi connectivity index (χ4n) is 3.56. The number of nitrogens with zero attached hydrogens (tertiary/aromatic N) is 1. The SMILES string of the molecule is CCN(CC)Cc1cc(C)cc[c]1[Bi]([c]1ccc(C)cc1)[c]1ccc(C)cc1. The first-order valence-corrected chi connectivity index (χ1v) is 15.5. The van der Waals surface area contributed by atoms with Crippen molar-refractivity contribution in [3.8, 4) is 0 Å². The first kappa shape index (κ1) is 21.2. The van der Waals surface area contributed by atoms with E-state index in [9.17, 15) is 0 Å². The molecular formula is C26H32BiN.